The van der Waals surface area contributed by atoms with Gasteiger partial charge in [0.2, 0.25) is 0 Å². The molecule has 0 bridgehead atoms. The van der Waals surface area contributed by atoms with Gasteiger partial charge in [-0.05, 0) is 31.5 Å². The van der Waals surface area contributed by atoms with E-state index in [1.165, 1.54) is 6.07 Å². The van der Waals surface area contributed by atoms with E-state index in [9.17, 15) is 13.9 Å². The summed E-state index contributed by atoms with van der Waals surface area (Å²) in [4.78, 5) is 1.88. The minimum Gasteiger partial charge on any atom is -0.392 e. The third kappa shape index (κ3) is 2.96. The number of nitrogens with zero attached hydrogens (tertiary/aromatic N) is 2. The molecular formula is C15H16F2N2O2. The van der Waals surface area contributed by atoms with Crippen molar-refractivity contribution < 1.29 is 18.4 Å². The maximum Gasteiger partial charge on any atom is 0.150 e. The highest BCUT2D eigenvalue weighted by Crippen LogP contribution is 2.35. The first-order valence-electron chi connectivity index (χ1n) is 6.82. The van der Waals surface area contributed by atoms with Crippen molar-refractivity contribution in [1.29, 1.82) is 0 Å². The maximum absolute atomic E-state index is 14.0. The number of aromatic nitrogens is 1. The number of hydrogen-bond acceptors (Lipinski definition) is 4. The smallest absolute Gasteiger partial charge is 0.150 e. The van der Waals surface area contributed by atoms with E-state index in [1.54, 1.807) is 6.07 Å². The summed E-state index contributed by atoms with van der Waals surface area (Å²) in [5.41, 5.74) is 1.03. The first-order valence-corrected chi connectivity index (χ1v) is 6.82. The highest BCUT2D eigenvalue weighted by molar-refractivity contribution is 5.24. The van der Waals surface area contributed by atoms with Crippen molar-refractivity contribution in [3.8, 4) is 0 Å². The van der Waals surface area contributed by atoms with Crippen molar-refractivity contribution in [1.82, 2.24) is 10.1 Å². The number of likely N-dealkylation sites (tertiary alicyclic amines) is 1. The maximum atomic E-state index is 14.0. The van der Waals surface area contributed by atoms with Gasteiger partial charge in [-0.15, -0.1) is 0 Å². The minimum absolute atomic E-state index is 0.266. The quantitative estimate of drug-likeness (QED) is 0.945. The van der Waals surface area contributed by atoms with Crippen LogP contribution in [0.4, 0.5) is 8.78 Å². The summed E-state index contributed by atoms with van der Waals surface area (Å²) in [5, 5.41) is 13.7. The van der Waals surface area contributed by atoms with Crippen LogP contribution in [0, 0.1) is 18.6 Å². The molecule has 0 unspecified atom stereocenters. The normalized spacial score (nSPS) is 22.9. The molecule has 21 heavy (non-hydrogen) atoms. The molecule has 0 saturated carbocycles. The van der Waals surface area contributed by atoms with E-state index in [0.717, 1.165) is 17.8 Å². The molecule has 1 fully saturated rings. The van der Waals surface area contributed by atoms with Crippen LogP contribution in [0.15, 0.2) is 28.8 Å². The van der Waals surface area contributed by atoms with E-state index in [-0.39, 0.29) is 11.6 Å². The Labute approximate surface area is 121 Å². The predicted molar refractivity (Wildman–Crippen MR) is 71.4 cm³/mol. The standard InChI is InChI=1S/C15H16F2N2O2/c1-9-4-12(21-18-9)8-19-7-11(20)6-15(19)13-5-10(16)2-3-14(13)17/h2-5,11,15,20H,6-8H2,1H3/t11-,15+/m1/s1. The number of rotatable bonds is 3. The largest absolute Gasteiger partial charge is 0.392 e. The Hall–Kier alpha value is -1.79. The van der Waals surface area contributed by atoms with E-state index < -0.39 is 17.7 Å². The molecule has 3 rings (SSSR count). The summed E-state index contributed by atoms with van der Waals surface area (Å²) >= 11 is 0. The molecule has 2 atom stereocenters. The number of aliphatic hydroxyl groups excluding tert-OH is 1. The van der Waals surface area contributed by atoms with Gasteiger partial charge in [0.15, 0.2) is 5.76 Å². The van der Waals surface area contributed by atoms with E-state index in [4.69, 9.17) is 4.52 Å². The number of hydrogen-bond donors (Lipinski definition) is 1. The van der Waals surface area contributed by atoms with Gasteiger partial charge in [-0.25, -0.2) is 8.78 Å². The third-order valence-electron chi connectivity index (χ3n) is 3.73. The summed E-state index contributed by atoms with van der Waals surface area (Å²) < 4.78 is 32.5. The molecule has 0 spiro atoms. The lowest BCUT2D eigenvalue weighted by Crippen LogP contribution is -2.24. The molecule has 0 aliphatic carbocycles. The SMILES string of the molecule is Cc1cc(CN2C[C@H](O)C[C@H]2c2cc(F)ccc2F)on1. The van der Waals surface area contributed by atoms with Crippen LogP contribution < -0.4 is 0 Å². The van der Waals surface area contributed by atoms with Gasteiger partial charge in [-0.2, -0.15) is 0 Å². The molecule has 1 aromatic heterocycles. The Morgan fingerprint density at radius 1 is 1.38 bits per heavy atom. The molecule has 0 amide bonds. The van der Waals surface area contributed by atoms with E-state index >= 15 is 0 Å². The van der Waals surface area contributed by atoms with Gasteiger partial charge >= 0.3 is 0 Å². The molecule has 1 aromatic carbocycles. The molecule has 2 aromatic rings. The fraction of sp³-hybridized carbons (Fsp3) is 0.400. The van der Waals surface area contributed by atoms with Crippen LogP contribution in [0.3, 0.4) is 0 Å². The van der Waals surface area contributed by atoms with Crippen LogP contribution >= 0.6 is 0 Å². The summed E-state index contributed by atoms with van der Waals surface area (Å²) in [6, 6.07) is 4.82. The summed E-state index contributed by atoms with van der Waals surface area (Å²) in [6.07, 6.45) is -0.199. The zero-order chi connectivity index (χ0) is 15.0. The summed E-state index contributed by atoms with van der Waals surface area (Å²) in [5.74, 6) is -0.305. The fourth-order valence-corrected chi connectivity index (χ4v) is 2.84. The Balaban J connectivity index is 1.86. The van der Waals surface area contributed by atoms with Crippen molar-refractivity contribution in [3.63, 3.8) is 0 Å². The highest BCUT2D eigenvalue weighted by Gasteiger charge is 2.34. The zero-order valence-corrected chi connectivity index (χ0v) is 11.6. The van der Waals surface area contributed by atoms with Gasteiger partial charge in [0.25, 0.3) is 0 Å². The Morgan fingerprint density at radius 3 is 2.90 bits per heavy atom. The summed E-state index contributed by atoms with van der Waals surface area (Å²) in [6.45, 7) is 2.61. The first kappa shape index (κ1) is 14.2. The number of benzene rings is 1. The van der Waals surface area contributed by atoms with Crippen molar-refractivity contribution in [3.05, 3.63) is 52.9 Å². The number of aliphatic hydroxyl groups is 1. The van der Waals surface area contributed by atoms with Gasteiger partial charge < -0.3 is 9.63 Å². The van der Waals surface area contributed by atoms with Gasteiger partial charge in [-0.3, -0.25) is 4.90 Å². The Bertz CT molecular complexity index is 644. The Morgan fingerprint density at radius 2 is 2.19 bits per heavy atom. The number of halogens is 2. The lowest BCUT2D eigenvalue weighted by atomic mass is 10.0. The average Bonchev–Trinajstić information content (AvgIpc) is 2.99. The van der Waals surface area contributed by atoms with Crippen molar-refractivity contribution in [2.45, 2.75) is 32.0 Å². The Kier molecular flexibility index (Phi) is 3.73. The first-order chi connectivity index (χ1) is 10.0. The average molecular weight is 294 g/mol. The molecule has 1 aliphatic rings. The highest BCUT2D eigenvalue weighted by atomic mass is 19.1. The molecular weight excluding hydrogens is 278 g/mol. The van der Waals surface area contributed by atoms with Gasteiger partial charge in [0.05, 0.1) is 18.3 Å². The molecule has 4 nitrogen and oxygen atoms in total. The molecule has 6 heteroatoms. The lowest BCUT2D eigenvalue weighted by Gasteiger charge is -2.23. The van der Waals surface area contributed by atoms with Crippen molar-refractivity contribution >= 4 is 0 Å². The van der Waals surface area contributed by atoms with E-state index in [0.29, 0.717) is 25.3 Å². The minimum atomic E-state index is -0.568. The van der Waals surface area contributed by atoms with Gasteiger partial charge in [-0.1, -0.05) is 5.16 Å². The second-order valence-corrected chi connectivity index (χ2v) is 5.44. The van der Waals surface area contributed by atoms with Crippen LogP contribution in [0.2, 0.25) is 0 Å². The zero-order valence-electron chi connectivity index (χ0n) is 11.6. The van der Waals surface area contributed by atoms with Gasteiger partial charge in [0.1, 0.15) is 11.6 Å². The van der Waals surface area contributed by atoms with Gasteiger partial charge in [0, 0.05) is 24.2 Å². The number of aryl methyl sites for hydroxylation is 1. The molecule has 1 aliphatic heterocycles. The molecule has 1 saturated heterocycles. The van der Waals surface area contributed by atoms with Crippen LogP contribution in [0.5, 0.6) is 0 Å². The number of β-amino-alcohol motifs (C(OH)–C–C–N with tert-alkyl or cyclic N) is 1. The monoisotopic (exact) mass is 294 g/mol. The predicted octanol–water partition coefficient (Wildman–Crippen LogP) is 2.57. The summed E-state index contributed by atoms with van der Waals surface area (Å²) in [7, 11) is 0. The van der Waals surface area contributed by atoms with Crippen molar-refractivity contribution in [2.24, 2.45) is 0 Å². The fourth-order valence-electron chi connectivity index (χ4n) is 2.84. The van der Waals surface area contributed by atoms with E-state index in [1.807, 2.05) is 11.8 Å². The topological polar surface area (TPSA) is 49.5 Å². The second-order valence-electron chi connectivity index (χ2n) is 5.44. The molecule has 1 N–H and O–H groups in total. The van der Waals surface area contributed by atoms with Crippen LogP contribution in [0.25, 0.3) is 0 Å². The van der Waals surface area contributed by atoms with Crippen molar-refractivity contribution in [2.75, 3.05) is 6.54 Å². The third-order valence-corrected chi connectivity index (χ3v) is 3.73. The van der Waals surface area contributed by atoms with Crippen LogP contribution in [0.1, 0.15) is 29.5 Å². The molecule has 2 heterocycles. The second kappa shape index (κ2) is 5.54. The van der Waals surface area contributed by atoms with Crippen LogP contribution in [-0.4, -0.2) is 27.8 Å². The molecule has 0 radical (unpaired) electrons. The molecule has 112 valence electrons. The van der Waals surface area contributed by atoms with E-state index in [2.05, 4.69) is 5.16 Å². The lowest BCUT2D eigenvalue weighted by molar-refractivity contribution is 0.165. The van der Waals surface area contributed by atoms with Crippen LogP contribution in [-0.2, 0) is 6.54 Å².